The van der Waals surface area contributed by atoms with Crippen LogP contribution in [0.1, 0.15) is 101 Å². The largest absolute Gasteiger partial charge is 0.507 e. The number of hydrogen-bond acceptors (Lipinski definition) is 7. The van der Waals surface area contributed by atoms with E-state index in [1.54, 1.807) is 63.2 Å². The number of hydrogen-bond donors (Lipinski definition) is 5. The van der Waals surface area contributed by atoms with Crippen molar-refractivity contribution in [1.82, 2.24) is 0 Å². The molecule has 0 aromatic heterocycles. The van der Waals surface area contributed by atoms with Crippen molar-refractivity contribution in [2.45, 2.75) is 73.1 Å². The predicted octanol–water partition coefficient (Wildman–Crippen LogP) is 10.2. The Bertz CT molecular complexity index is 2280. The van der Waals surface area contributed by atoms with E-state index < -0.39 is 23.1 Å². The van der Waals surface area contributed by atoms with Crippen LogP contribution in [0.25, 0.3) is 32.7 Å². The maximum atomic E-state index is 14.0. The second-order valence-corrected chi connectivity index (χ2v) is 15.9. The van der Waals surface area contributed by atoms with Crippen molar-refractivity contribution in [1.29, 1.82) is 0 Å². The molecule has 52 heavy (non-hydrogen) atoms. The smallest absolute Gasteiger partial charge is 0.197 e. The Morgan fingerprint density at radius 1 is 0.442 bits per heavy atom. The number of ketones is 2. The molecular formula is C45H44O7. The highest BCUT2D eigenvalue weighted by molar-refractivity contribution is 6.22. The van der Waals surface area contributed by atoms with Gasteiger partial charge in [-0.15, -0.1) is 0 Å². The van der Waals surface area contributed by atoms with E-state index in [0.717, 1.165) is 11.1 Å². The summed E-state index contributed by atoms with van der Waals surface area (Å²) in [6.45, 7) is 17.5. The van der Waals surface area contributed by atoms with Crippen molar-refractivity contribution in [2.75, 3.05) is 0 Å². The molecule has 0 heterocycles. The summed E-state index contributed by atoms with van der Waals surface area (Å²) in [6, 6.07) is 20.5. The van der Waals surface area contributed by atoms with Gasteiger partial charge in [-0.1, -0.05) is 90.1 Å². The Morgan fingerprint density at radius 3 is 1.17 bits per heavy atom. The average Bonchev–Trinajstić information content (AvgIpc) is 3.07. The molecule has 0 bridgehead atoms. The molecular weight excluding hydrogens is 652 g/mol. The Labute approximate surface area is 303 Å². The van der Waals surface area contributed by atoms with Crippen LogP contribution in [0.5, 0.6) is 28.7 Å². The Kier molecular flexibility index (Phi) is 8.61. The standard InChI is InChI=1S/C45H44O7/c1-22-18-29-31(20-24(3)38(47)36(29)39(48)25-10-14-27(15-11-25)44(4,5)6)41(50)34(22)35-23(2)19-30-32(42(35)51)21-33(46)43(52)37(30)40(49)26-12-16-28(17-13-26)45(7,8)9/h10-21,46-47,50-52H,1-9H3. The lowest BCUT2D eigenvalue weighted by Gasteiger charge is -2.21. The summed E-state index contributed by atoms with van der Waals surface area (Å²) in [5, 5.41) is 57.8. The van der Waals surface area contributed by atoms with E-state index in [2.05, 4.69) is 41.5 Å². The van der Waals surface area contributed by atoms with E-state index in [0.29, 0.717) is 38.6 Å². The molecule has 0 radical (unpaired) electrons. The number of carbonyl (C=O) groups is 2. The fraction of sp³-hybridized carbons (Fsp3) is 0.244. The summed E-state index contributed by atoms with van der Waals surface area (Å²) in [6.07, 6.45) is 0. The highest BCUT2D eigenvalue weighted by atomic mass is 16.3. The highest BCUT2D eigenvalue weighted by Crippen LogP contribution is 2.50. The van der Waals surface area contributed by atoms with Crippen LogP contribution >= 0.6 is 0 Å². The Balaban J connectivity index is 1.54. The predicted molar refractivity (Wildman–Crippen MR) is 207 cm³/mol. The maximum absolute atomic E-state index is 14.0. The van der Waals surface area contributed by atoms with Gasteiger partial charge in [0, 0.05) is 43.8 Å². The first-order chi connectivity index (χ1) is 24.2. The first-order valence-corrected chi connectivity index (χ1v) is 17.2. The van der Waals surface area contributed by atoms with Gasteiger partial charge in [-0.25, -0.2) is 0 Å². The lowest BCUT2D eigenvalue weighted by molar-refractivity contribution is 0.102. The van der Waals surface area contributed by atoms with Gasteiger partial charge in [0.25, 0.3) is 0 Å². The lowest BCUT2D eigenvalue weighted by Crippen LogP contribution is -2.11. The van der Waals surface area contributed by atoms with Gasteiger partial charge < -0.3 is 25.5 Å². The molecule has 0 spiro atoms. The fourth-order valence-corrected chi connectivity index (χ4v) is 7.03. The third kappa shape index (κ3) is 5.90. The van der Waals surface area contributed by atoms with Gasteiger partial charge >= 0.3 is 0 Å². The molecule has 5 N–H and O–H groups in total. The van der Waals surface area contributed by atoms with Gasteiger partial charge in [-0.3, -0.25) is 9.59 Å². The second kappa shape index (κ2) is 12.4. The third-order valence-electron chi connectivity index (χ3n) is 10.1. The zero-order valence-electron chi connectivity index (χ0n) is 31.0. The molecule has 6 aromatic rings. The average molecular weight is 697 g/mol. The van der Waals surface area contributed by atoms with Crippen LogP contribution in [0.3, 0.4) is 0 Å². The van der Waals surface area contributed by atoms with Gasteiger partial charge in [-0.2, -0.15) is 0 Å². The number of carbonyl (C=O) groups excluding carboxylic acids is 2. The number of aromatic hydroxyl groups is 5. The molecule has 0 saturated carbocycles. The first-order valence-electron chi connectivity index (χ1n) is 17.2. The molecule has 0 amide bonds. The number of benzene rings is 6. The SMILES string of the molecule is Cc1cc2c(O)c(-c3c(C)cc4c(C(=O)c5ccc(C(C)(C)C)cc5)c(O)c(O)cc4c3O)c(C)cc2c(C(=O)c2ccc(C(C)(C)C)cc2)c1O. The summed E-state index contributed by atoms with van der Waals surface area (Å²) >= 11 is 0. The minimum Gasteiger partial charge on any atom is -0.507 e. The summed E-state index contributed by atoms with van der Waals surface area (Å²) in [5.74, 6) is -2.84. The summed E-state index contributed by atoms with van der Waals surface area (Å²) < 4.78 is 0. The number of aryl methyl sites for hydroxylation is 3. The van der Waals surface area contributed by atoms with Gasteiger partial charge in [0.2, 0.25) is 0 Å². The molecule has 0 aliphatic heterocycles. The first kappa shape index (κ1) is 36.0. The number of fused-ring (bicyclic) bond motifs is 2. The zero-order valence-corrected chi connectivity index (χ0v) is 31.0. The topological polar surface area (TPSA) is 135 Å². The van der Waals surface area contributed by atoms with E-state index in [-0.39, 0.29) is 61.1 Å². The molecule has 0 unspecified atom stereocenters. The minimum atomic E-state index is -0.603. The van der Waals surface area contributed by atoms with Crippen molar-refractivity contribution in [3.63, 3.8) is 0 Å². The fourth-order valence-electron chi connectivity index (χ4n) is 7.03. The van der Waals surface area contributed by atoms with Gasteiger partial charge in [-0.05, 0) is 83.7 Å². The van der Waals surface area contributed by atoms with Crippen LogP contribution in [0, 0.1) is 20.8 Å². The molecule has 266 valence electrons. The molecule has 0 atom stereocenters. The van der Waals surface area contributed by atoms with E-state index in [1.165, 1.54) is 6.07 Å². The summed E-state index contributed by atoms with van der Waals surface area (Å²) in [7, 11) is 0. The van der Waals surface area contributed by atoms with E-state index in [1.807, 2.05) is 24.3 Å². The molecule has 7 heteroatoms. The number of phenolic OH excluding ortho intramolecular Hbond substituents is 5. The lowest BCUT2D eigenvalue weighted by atomic mass is 9.84. The van der Waals surface area contributed by atoms with Crippen LogP contribution in [0.4, 0.5) is 0 Å². The Hall–Kier alpha value is -5.82. The normalized spacial score (nSPS) is 12.1. The van der Waals surface area contributed by atoms with Gasteiger partial charge in [0.05, 0.1) is 11.1 Å². The van der Waals surface area contributed by atoms with Crippen LogP contribution in [0.15, 0.2) is 72.8 Å². The molecule has 6 rings (SSSR count). The molecule has 6 aromatic carbocycles. The Morgan fingerprint density at radius 2 is 0.788 bits per heavy atom. The molecule has 7 nitrogen and oxygen atoms in total. The number of rotatable bonds is 5. The summed E-state index contributed by atoms with van der Waals surface area (Å²) in [5.41, 5.74) is 4.31. The van der Waals surface area contributed by atoms with E-state index in [4.69, 9.17) is 0 Å². The number of phenols is 5. The third-order valence-corrected chi connectivity index (χ3v) is 10.1. The van der Waals surface area contributed by atoms with Crippen molar-refractivity contribution < 1.29 is 35.1 Å². The van der Waals surface area contributed by atoms with E-state index in [9.17, 15) is 35.1 Å². The molecule has 0 aliphatic rings. The van der Waals surface area contributed by atoms with Crippen LogP contribution in [-0.4, -0.2) is 37.1 Å². The quantitative estimate of drug-likeness (QED) is 0.0894. The monoisotopic (exact) mass is 696 g/mol. The van der Waals surface area contributed by atoms with Crippen molar-refractivity contribution in [3.05, 3.63) is 123 Å². The molecule has 0 saturated heterocycles. The molecule has 0 aliphatic carbocycles. The van der Waals surface area contributed by atoms with Gasteiger partial charge in [0.15, 0.2) is 23.1 Å². The van der Waals surface area contributed by atoms with Crippen LogP contribution in [0.2, 0.25) is 0 Å². The van der Waals surface area contributed by atoms with Gasteiger partial charge in [0.1, 0.15) is 17.2 Å². The van der Waals surface area contributed by atoms with E-state index >= 15 is 0 Å². The summed E-state index contributed by atoms with van der Waals surface area (Å²) in [4.78, 5) is 27.9. The molecule has 0 fully saturated rings. The van der Waals surface area contributed by atoms with Crippen LogP contribution in [-0.2, 0) is 10.8 Å². The minimum absolute atomic E-state index is 0.0574. The maximum Gasteiger partial charge on any atom is 0.197 e. The van der Waals surface area contributed by atoms with Crippen molar-refractivity contribution in [3.8, 4) is 39.9 Å². The van der Waals surface area contributed by atoms with Crippen molar-refractivity contribution in [2.24, 2.45) is 0 Å². The zero-order chi connectivity index (χ0) is 38.2. The highest BCUT2D eigenvalue weighted by Gasteiger charge is 2.28. The van der Waals surface area contributed by atoms with Crippen LogP contribution < -0.4 is 0 Å². The van der Waals surface area contributed by atoms with Crippen molar-refractivity contribution >= 4 is 33.1 Å². The second-order valence-electron chi connectivity index (χ2n) is 15.9.